The van der Waals surface area contributed by atoms with Gasteiger partial charge in [0.05, 0.1) is 6.54 Å². The topological polar surface area (TPSA) is 61.4 Å². The Morgan fingerprint density at radius 3 is 2.89 bits per heavy atom. The Kier molecular flexibility index (Phi) is 6.21. The zero-order valence-corrected chi connectivity index (χ0v) is 11.8. The molecule has 1 fully saturated rings. The maximum Gasteiger partial charge on any atom is 0.321 e. The average Bonchev–Trinajstić information content (AvgIpc) is 2.32. The number of nitrogens with zero attached hydrogens (tertiary/aromatic N) is 1. The first-order chi connectivity index (χ1) is 8.54. The smallest absolute Gasteiger partial charge is 0.321 e. The van der Waals surface area contributed by atoms with Crippen molar-refractivity contribution >= 4 is 23.7 Å². The minimum atomic E-state index is -0.466. The highest BCUT2D eigenvalue weighted by atomic mass is 32.2. The van der Waals surface area contributed by atoms with Crippen molar-refractivity contribution in [3.63, 3.8) is 0 Å². The fraction of sp³-hybridized carbons (Fsp3) is 0.667. The van der Waals surface area contributed by atoms with Crippen LogP contribution >= 0.6 is 11.8 Å². The molecule has 0 bridgehead atoms. The molecule has 18 heavy (non-hydrogen) atoms. The van der Waals surface area contributed by atoms with E-state index in [2.05, 4.69) is 36.0 Å². The maximum atomic E-state index is 11.7. The standard InChI is InChI=1S/C12H21N3O2S/c1-4-5-13-12(17)14-11(16)8-15-6-7-18-10(3)9(15)2/h4,9-10H,1,5-8H2,2-3H3,(H2,13,14,16,17). The first-order valence-corrected chi connectivity index (χ1v) is 7.13. The molecule has 0 aliphatic carbocycles. The van der Waals surface area contributed by atoms with Gasteiger partial charge < -0.3 is 5.32 Å². The Bertz CT molecular complexity index is 322. The second-order valence-electron chi connectivity index (χ2n) is 4.33. The number of nitrogens with one attached hydrogen (secondary N) is 2. The largest absolute Gasteiger partial charge is 0.334 e. The van der Waals surface area contributed by atoms with Gasteiger partial charge in [0.25, 0.3) is 0 Å². The van der Waals surface area contributed by atoms with E-state index in [1.54, 1.807) is 6.08 Å². The molecule has 2 unspecified atom stereocenters. The van der Waals surface area contributed by atoms with E-state index in [9.17, 15) is 9.59 Å². The number of urea groups is 1. The quantitative estimate of drug-likeness (QED) is 0.743. The van der Waals surface area contributed by atoms with Crippen molar-refractivity contribution in [1.29, 1.82) is 0 Å². The number of thioether (sulfide) groups is 1. The SMILES string of the molecule is C=CCNC(=O)NC(=O)CN1CCSC(C)C1C. The van der Waals surface area contributed by atoms with Gasteiger partial charge >= 0.3 is 6.03 Å². The van der Waals surface area contributed by atoms with Crippen LogP contribution < -0.4 is 10.6 Å². The minimum absolute atomic E-state index is 0.262. The summed E-state index contributed by atoms with van der Waals surface area (Å²) in [5.41, 5.74) is 0. The van der Waals surface area contributed by atoms with Crippen molar-refractivity contribution in [1.82, 2.24) is 15.5 Å². The Balaban J connectivity index is 2.35. The lowest BCUT2D eigenvalue weighted by Gasteiger charge is -2.36. The molecule has 102 valence electrons. The molecule has 1 heterocycles. The number of amides is 3. The van der Waals surface area contributed by atoms with Gasteiger partial charge in [0.2, 0.25) is 5.91 Å². The van der Waals surface area contributed by atoms with Crippen molar-refractivity contribution in [2.75, 3.05) is 25.4 Å². The van der Waals surface area contributed by atoms with Gasteiger partial charge in [-0.1, -0.05) is 13.0 Å². The summed E-state index contributed by atoms with van der Waals surface area (Å²) in [5.74, 6) is 0.768. The molecular formula is C12H21N3O2S. The van der Waals surface area contributed by atoms with Crippen LogP contribution in [0.2, 0.25) is 0 Å². The van der Waals surface area contributed by atoms with Crippen molar-refractivity contribution < 1.29 is 9.59 Å². The van der Waals surface area contributed by atoms with Crippen LogP contribution in [0, 0.1) is 0 Å². The van der Waals surface area contributed by atoms with Crippen LogP contribution in [0.25, 0.3) is 0 Å². The number of rotatable bonds is 4. The predicted octanol–water partition coefficient (Wildman–Crippen LogP) is 0.824. The van der Waals surface area contributed by atoms with Crippen LogP contribution in [-0.4, -0.2) is 53.5 Å². The summed E-state index contributed by atoms with van der Waals surface area (Å²) in [6, 6.07) is -0.113. The molecule has 1 aliphatic heterocycles. The number of hydrogen-bond acceptors (Lipinski definition) is 4. The summed E-state index contributed by atoms with van der Waals surface area (Å²) in [5, 5.41) is 5.34. The van der Waals surface area contributed by atoms with Crippen molar-refractivity contribution in [3.05, 3.63) is 12.7 Å². The fourth-order valence-electron chi connectivity index (χ4n) is 1.78. The number of hydrogen-bond donors (Lipinski definition) is 2. The van der Waals surface area contributed by atoms with E-state index < -0.39 is 6.03 Å². The lowest BCUT2D eigenvalue weighted by atomic mass is 10.2. The van der Waals surface area contributed by atoms with E-state index in [1.807, 2.05) is 11.8 Å². The highest BCUT2D eigenvalue weighted by Crippen LogP contribution is 2.23. The molecule has 0 aromatic rings. The molecule has 0 radical (unpaired) electrons. The van der Waals surface area contributed by atoms with E-state index in [1.165, 1.54) is 0 Å². The van der Waals surface area contributed by atoms with Gasteiger partial charge in [0.15, 0.2) is 0 Å². The lowest BCUT2D eigenvalue weighted by Crippen LogP contribution is -2.51. The van der Waals surface area contributed by atoms with Gasteiger partial charge in [-0.15, -0.1) is 6.58 Å². The summed E-state index contributed by atoms with van der Waals surface area (Å²) >= 11 is 1.92. The summed E-state index contributed by atoms with van der Waals surface area (Å²) < 4.78 is 0. The van der Waals surface area contributed by atoms with E-state index in [-0.39, 0.29) is 12.5 Å². The number of imide groups is 1. The third-order valence-corrected chi connectivity index (χ3v) is 4.36. The lowest BCUT2D eigenvalue weighted by molar-refractivity contribution is -0.121. The second-order valence-corrected chi connectivity index (χ2v) is 5.82. The third kappa shape index (κ3) is 4.70. The Labute approximate surface area is 112 Å². The normalized spacial score (nSPS) is 24.3. The molecule has 0 aromatic carbocycles. The van der Waals surface area contributed by atoms with Crippen LogP contribution in [-0.2, 0) is 4.79 Å². The maximum absolute atomic E-state index is 11.7. The summed E-state index contributed by atoms with van der Waals surface area (Å²) in [6.45, 7) is 9.27. The van der Waals surface area contributed by atoms with Gasteiger partial charge in [-0.2, -0.15) is 11.8 Å². The summed E-state index contributed by atoms with van der Waals surface area (Å²) in [4.78, 5) is 25.1. The third-order valence-electron chi connectivity index (χ3n) is 3.02. The van der Waals surface area contributed by atoms with E-state index in [0.29, 0.717) is 17.8 Å². The van der Waals surface area contributed by atoms with E-state index >= 15 is 0 Å². The first kappa shape index (κ1) is 15.0. The number of carbonyl (C=O) groups is 2. The molecule has 0 saturated carbocycles. The first-order valence-electron chi connectivity index (χ1n) is 6.08. The molecule has 2 atom stereocenters. The molecule has 0 aromatic heterocycles. The molecule has 0 spiro atoms. The Morgan fingerprint density at radius 2 is 2.22 bits per heavy atom. The molecule has 1 aliphatic rings. The number of carbonyl (C=O) groups excluding carboxylic acids is 2. The molecule has 3 amide bonds. The van der Waals surface area contributed by atoms with Crippen molar-refractivity contribution in [2.24, 2.45) is 0 Å². The Hall–Kier alpha value is -1.01. The molecule has 1 rings (SSSR count). The van der Waals surface area contributed by atoms with Gasteiger partial charge in [-0.3, -0.25) is 15.0 Å². The highest BCUT2D eigenvalue weighted by molar-refractivity contribution is 8.00. The Morgan fingerprint density at radius 1 is 1.50 bits per heavy atom. The van der Waals surface area contributed by atoms with Crippen molar-refractivity contribution in [3.8, 4) is 0 Å². The fourth-order valence-corrected chi connectivity index (χ4v) is 2.94. The predicted molar refractivity (Wildman–Crippen MR) is 74.7 cm³/mol. The van der Waals surface area contributed by atoms with E-state index in [0.717, 1.165) is 12.3 Å². The van der Waals surface area contributed by atoms with Crippen LogP contribution in [0.15, 0.2) is 12.7 Å². The van der Waals surface area contributed by atoms with E-state index in [4.69, 9.17) is 0 Å². The zero-order valence-electron chi connectivity index (χ0n) is 10.9. The van der Waals surface area contributed by atoms with Crippen LogP contribution in [0.3, 0.4) is 0 Å². The van der Waals surface area contributed by atoms with Crippen LogP contribution in [0.5, 0.6) is 0 Å². The average molecular weight is 271 g/mol. The summed E-state index contributed by atoms with van der Waals surface area (Å²) in [6.07, 6.45) is 1.57. The molecule has 2 N–H and O–H groups in total. The van der Waals surface area contributed by atoms with Gasteiger partial charge in [-0.05, 0) is 6.92 Å². The van der Waals surface area contributed by atoms with Crippen LogP contribution in [0.1, 0.15) is 13.8 Å². The summed E-state index contributed by atoms with van der Waals surface area (Å²) in [7, 11) is 0. The van der Waals surface area contributed by atoms with Gasteiger partial charge in [0, 0.05) is 30.1 Å². The monoisotopic (exact) mass is 271 g/mol. The highest BCUT2D eigenvalue weighted by Gasteiger charge is 2.26. The van der Waals surface area contributed by atoms with Gasteiger partial charge in [-0.25, -0.2) is 4.79 Å². The van der Waals surface area contributed by atoms with Crippen LogP contribution in [0.4, 0.5) is 4.79 Å². The minimum Gasteiger partial charge on any atom is -0.334 e. The zero-order chi connectivity index (χ0) is 13.5. The molecular weight excluding hydrogens is 250 g/mol. The van der Waals surface area contributed by atoms with Gasteiger partial charge in [0.1, 0.15) is 0 Å². The molecule has 6 heteroatoms. The second kappa shape index (κ2) is 7.43. The molecule has 1 saturated heterocycles. The van der Waals surface area contributed by atoms with Crippen molar-refractivity contribution in [2.45, 2.75) is 25.1 Å². The molecule has 5 nitrogen and oxygen atoms in total.